The van der Waals surface area contributed by atoms with Gasteiger partial charge in [-0.05, 0) is 19.1 Å². The van der Waals surface area contributed by atoms with Crippen LogP contribution in [0.4, 0.5) is 0 Å². The van der Waals surface area contributed by atoms with E-state index in [1.807, 2.05) is 37.3 Å². The van der Waals surface area contributed by atoms with Crippen LogP contribution in [0.3, 0.4) is 0 Å². The zero-order valence-corrected chi connectivity index (χ0v) is 7.57. The Kier molecular flexibility index (Phi) is 1.81. The molecular formula is C11H12N2. The second kappa shape index (κ2) is 2.98. The van der Waals surface area contributed by atoms with E-state index in [0.717, 1.165) is 17.0 Å². The molecule has 0 unspecified atom stereocenters. The lowest BCUT2D eigenvalue weighted by Gasteiger charge is -2.04. The Labute approximate surface area is 77.6 Å². The van der Waals surface area contributed by atoms with Crippen LogP contribution < -0.4 is 5.84 Å². The van der Waals surface area contributed by atoms with Crippen molar-refractivity contribution in [2.45, 2.75) is 6.92 Å². The first-order chi connectivity index (χ1) is 6.29. The first-order valence-electron chi connectivity index (χ1n) is 4.28. The van der Waals surface area contributed by atoms with Gasteiger partial charge in [-0.2, -0.15) is 0 Å². The molecule has 13 heavy (non-hydrogen) atoms. The summed E-state index contributed by atoms with van der Waals surface area (Å²) < 4.78 is 1.70. The summed E-state index contributed by atoms with van der Waals surface area (Å²) in [6.45, 7) is 1.99. The molecule has 2 rings (SSSR count). The Morgan fingerprint density at radius 2 is 1.69 bits per heavy atom. The summed E-state index contributed by atoms with van der Waals surface area (Å²) in [7, 11) is 0. The van der Waals surface area contributed by atoms with Crippen molar-refractivity contribution in [1.82, 2.24) is 4.68 Å². The minimum atomic E-state index is 1.05. The normalized spacial score (nSPS) is 10.2. The van der Waals surface area contributed by atoms with E-state index in [-0.39, 0.29) is 0 Å². The number of aromatic nitrogens is 1. The zero-order chi connectivity index (χ0) is 9.26. The van der Waals surface area contributed by atoms with Gasteiger partial charge in [0.25, 0.3) is 0 Å². The fraction of sp³-hybridized carbons (Fsp3) is 0.0909. The number of nitrogens with zero attached hydrogens (tertiary/aromatic N) is 1. The minimum Gasteiger partial charge on any atom is -0.339 e. The van der Waals surface area contributed by atoms with E-state index in [9.17, 15) is 0 Å². The van der Waals surface area contributed by atoms with Crippen LogP contribution in [-0.4, -0.2) is 4.68 Å². The molecule has 2 heteroatoms. The molecule has 0 bridgehead atoms. The van der Waals surface area contributed by atoms with E-state index >= 15 is 0 Å². The molecular weight excluding hydrogens is 160 g/mol. The summed E-state index contributed by atoms with van der Waals surface area (Å²) in [4.78, 5) is 0. The van der Waals surface area contributed by atoms with Gasteiger partial charge in [-0.1, -0.05) is 30.3 Å². The molecule has 0 atom stereocenters. The molecule has 2 N–H and O–H groups in total. The van der Waals surface area contributed by atoms with Gasteiger partial charge in [0, 0.05) is 11.3 Å². The first kappa shape index (κ1) is 7.92. The van der Waals surface area contributed by atoms with Gasteiger partial charge < -0.3 is 5.84 Å². The molecule has 0 saturated carbocycles. The molecule has 0 saturated heterocycles. The van der Waals surface area contributed by atoms with Gasteiger partial charge in [0.05, 0.1) is 5.69 Å². The maximum Gasteiger partial charge on any atom is 0.0693 e. The van der Waals surface area contributed by atoms with Crippen molar-refractivity contribution in [3.8, 4) is 11.3 Å². The Morgan fingerprint density at radius 1 is 1.00 bits per heavy atom. The number of nitrogen functional groups attached to an aromatic ring is 1. The SMILES string of the molecule is Cc1ccc(-c2ccccc2)n1N. The van der Waals surface area contributed by atoms with Crippen LogP contribution in [0.5, 0.6) is 0 Å². The molecule has 0 amide bonds. The smallest absolute Gasteiger partial charge is 0.0693 e. The van der Waals surface area contributed by atoms with Crippen molar-refractivity contribution < 1.29 is 0 Å². The predicted molar refractivity (Wildman–Crippen MR) is 54.8 cm³/mol. The average molecular weight is 172 g/mol. The van der Waals surface area contributed by atoms with Gasteiger partial charge in [-0.15, -0.1) is 0 Å². The zero-order valence-electron chi connectivity index (χ0n) is 7.57. The molecule has 0 fully saturated rings. The van der Waals surface area contributed by atoms with Crippen LogP contribution in [0.25, 0.3) is 11.3 Å². The largest absolute Gasteiger partial charge is 0.339 e. The van der Waals surface area contributed by atoms with Crippen LogP contribution in [0.2, 0.25) is 0 Å². The molecule has 0 radical (unpaired) electrons. The van der Waals surface area contributed by atoms with Gasteiger partial charge in [-0.3, -0.25) is 4.68 Å². The van der Waals surface area contributed by atoms with Crippen molar-refractivity contribution in [2.75, 3.05) is 5.84 Å². The Balaban J connectivity index is 2.53. The van der Waals surface area contributed by atoms with Crippen molar-refractivity contribution in [1.29, 1.82) is 0 Å². The minimum absolute atomic E-state index is 1.05. The van der Waals surface area contributed by atoms with E-state index in [1.54, 1.807) is 4.68 Å². The first-order valence-corrected chi connectivity index (χ1v) is 4.28. The van der Waals surface area contributed by atoms with E-state index in [1.165, 1.54) is 0 Å². The Hall–Kier alpha value is -1.70. The maximum absolute atomic E-state index is 5.85. The van der Waals surface area contributed by atoms with Crippen LogP contribution in [-0.2, 0) is 0 Å². The van der Waals surface area contributed by atoms with Crippen LogP contribution in [0, 0.1) is 6.92 Å². The second-order valence-corrected chi connectivity index (χ2v) is 3.10. The van der Waals surface area contributed by atoms with Crippen LogP contribution >= 0.6 is 0 Å². The number of rotatable bonds is 1. The Morgan fingerprint density at radius 3 is 2.23 bits per heavy atom. The van der Waals surface area contributed by atoms with E-state index in [2.05, 4.69) is 12.1 Å². The van der Waals surface area contributed by atoms with E-state index in [4.69, 9.17) is 5.84 Å². The monoisotopic (exact) mass is 172 g/mol. The van der Waals surface area contributed by atoms with Crippen molar-refractivity contribution in [3.05, 3.63) is 48.2 Å². The lowest BCUT2D eigenvalue weighted by molar-refractivity contribution is 0.970. The van der Waals surface area contributed by atoms with Gasteiger partial charge in [0.2, 0.25) is 0 Å². The molecule has 0 spiro atoms. The number of aryl methyl sites for hydroxylation is 1. The van der Waals surface area contributed by atoms with Gasteiger partial charge >= 0.3 is 0 Å². The fourth-order valence-electron chi connectivity index (χ4n) is 1.39. The van der Waals surface area contributed by atoms with Gasteiger partial charge in [-0.25, -0.2) is 0 Å². The summed E-state index contributed by atoms with van der Waals surface area (Å²) in [6.07, 6.45) is 0. The van der Waals surface area contributed by atoms with Gasteiger partial charge in [0.1, 0.15) is 0 Å². The van der Waals surface area contributed by atoms with Gasteiger partial charge in [0.15, 0.2) is 0 Å². The van der Waals surface area contributed by atoms with Crippen LogP contribution in [0.1, 0.15) is 5.69 Å². The molecule has 0 aliphatic rings. The molecule has 0 aliphatic carbocycles. The summed E-state index contributed by atoms with van der Waals surface area (Å²) in [5.41, 5.74) is 3.27. The highest BCUT2D eigenvalue weighted by Crippen LogP contribution is 2.19. The number of nitrogens with two attached hydrogens (primary N) is 1. The number of hydrogen-bond donors (Lipinski definition) is 1. The lowest BCUT2D eigenvalue weighted by atomic mass is 10.2. The molecule has 1 aromatic heterocycles. The second-order valence-electron chi connectivity index (χ2n) is 3.10. The van der Waals surface area contributed by atoms with E-state index < -0.39 is 0 Å². The summed E-state index contributed by atoms with van der Waals surface area (Å²) in [5, 5.41) is 0. The highest BCUT2D eigenvalue weighted by atomic mass is 15.3. The summed E-state index contributed by atoms with van der Waals surface area (Å²) >= 11 is 0. The third kappa shape index (κ3) is 1.31. The number of benzene rings is 1. The standard InChI is InChI=1S/C11H12N2/c1-9-7-8-11(13(9)12)10-5-3-2-4-6-10/h2-8H,12H2,1H3. The lowest BCUT2D eigenvalue weighted by Crippen LogP contribution is -2.10. The molecule has 66 valence electrons. The summed E-state index contributed by atoms with van der Waals surface area (Å²) in [5.74, 6) is 5.85. The highest BCUT2D eigenvalue weighted by molar-refractivity contribution is 5.60. The van der Waals surface area contributed by atoms with Crippen LogP contribution in [0.15, 0.2) is 42.5 Å². The molecule has 2 aromatic rings. The van der Waals surface area contributed by atoms with Crippen molar-refractivity contribution in [2.24, 2.45) is 0 Å². The molecule has 1 heterocycles. The quantitative estimate of drug-likeness (QED) is 0.657. The van der Waals surface area contributed by atoms with Crippen molar-refractivity contribution >= 4 is 0 Å². The predicted octanol–water partition coefficient (Wildman–Crippen LogP) is 2.18. The summed E-state index contributed by atoms with van der Waals surface area (Å²) in [6, 6.07) is 14.2. The maximum atomic E-state index is 5.85. The third-order valence-corrected chi connectivity index (χ3v) is 2.19. The fourth-order valence-corrected chi connectivity index (χ4v) is 1.39. The van der Waals surface area contributed by atoms with Crippen molar-refractivity contribution in [3.63, 3.8) is 0 Å². The van der Waals surface area contributed by atoms with E-state index in [0.29, 0.717) is 0 Å². The molecule has 2 nitrogen and oxygen atoms in total. The topological polar surface area (TPSA) is 30.9 Å². The number of hydrogen-bond acceptors (Lipinski definition) is 1. The third-order valence-electron chi connectivity index (χ3n) is 2.19. The Bertz CT molecular complexity index is 401. The molecule has 0 aliphatic heterocycles. The average Bonchev–Trinajstić information content (AvgIpc) is 2.49. The highest BCUT2D eigenvalue weighted by Gasteiger charge is 2.02. The molecule has 1 aromatic carbocycles.